The van der Waals surface area contributed by atoms with E-state index < -0.39 is 6.10 Å². The molecule has 8 aromatic rings. The molecule has 10 rings (SSSR count). The topological polar surface area (TPSA) is 66.7 Å². The van der Waals surface area contributed by atoms with Gasteiger partial charge in [-0.05, 0) is 70.8 Å². The molecule has 0 spiro atoms. The van der Waals surface area contributed by atoms with Crippen LogP contribution < -0.4 is 0 Å². The third kappa shape index (κ3) is 5.69. The Balaban J connectivity index is 1.49. The molecule has 0 saturated carbocycles. The molecule has 2 N–H and O–H groups in total. The summed E-state index contributed by atoms with van der Waals surface area (Å²) in [6.45, 7) is 2.08. The SMILES string of the molecule is C[C@H]1c2nc(c(-c3ccccc3)c3ccc(c(-c4ccccc4)c4nc(c(-c5ccccc5)c5ccc([nH]5)c2-c2ccccc2)C=C4)n3-c2ccccc2)[C@@H]1O. The molecule has 2 aliphatic rings. The summed E-state index contributed by atoms with van der Waals surface area (Å²) in [6, 6.07) is 60.8. The van der Waals surface area contributed by atoms with Gasteiger partial charge in [-0.3, -0.25) is 4.98 Å². The standard InChI is InChI=1S/C51H38N4O/c1-33-49-47(36-21-11-4-12-22-36)42-30-28-40(53-42)45(34-17-7-2-8-18-34)39-27-29-41(52-39)46(35-19-9-3-10-20-35)43-31-32-44(55(43)38-25-15-6-16-26-38)48(50(54-49)51(33)56)37-23-13-5-14-24-37/h2-33,51,53,56H,1H3/t33-,51+/m0/s1. The van der Waals surface area contributed by atoms with Crippen LogP contribution in [0.1, 0.15) is 41.7 Å². The van der Waals surface area contributed by atoms with Crippen molar-refractivity contribution in [1.82, 2.24) is 19.5 Å². The third-order valence-electron chi connectivity index (χ3n) is 11.0. The Labute approximate surface area is 325 Å². The molecule has 5 heterocycles. The van der Waals surface area contributed by atoms with E-state index in [0.29, 0.717) is 5.69 Å². The highest BCUT2D eigenvalue weighted by Gasteiger charge is 2.33. The summed E-state index contributed by atoms with van der Waals surface area (Å²) in [5.74, 6) is -0.302. The molecule has 3 aromatic heterocycles. The number of aromatic nitrogens is 4. The summed E-state index contributed by atoms with van der Waals surface area (Å²) >= 11 is 0. The van der Waals surface area contributed by atoms with Gasteiger partial charge in [0.05, 0.1) is 33.8 Å². The van der Waals surface area contributed by atoms with Gasteiger partial charge >= 0.3 is 0 Å². The summed E-state index contributed by atoms with van der Waals surface area (Å²) in [4.78, 5) is 14.8. The first-order valence-corrected chi connectivity index (χ1v) is 19.1. The summed E-state index contributed by atoms with van der Waals surface area (Å²) in [5.41, 5.74) is 15.9. The smallest absolute Gasteiger partial charge is 0.105 e. The van der Waals surface area contributed by atoms with E-state index in [4.69, 9.17) is 9.97 Å². The van der Waals surface area contributed by atoms with Gasteiger partial charge in [-0.25, -0.2) is 4.98 Å². The van der Waals surface area contributed by atoms with E-state index in [1.807, 2.05) is 42.5 Å². The first-order valence-electron chi connectivity index (χ1n) is 19.1. The number of hydrogen-bond donors (Lipinski definition) is 2. The minimum Gasteiger partial charge on any atom is -0.386 e. The van der Waals surface area contributed by atoms with E-state index in [0.717, 1.165) is 89.3 Å². The normalized spacial score (nSPS) is 14.9. The number of aromatic amines is 1. The minimum atomic E-state index is -0.866. The van der Waals surface area contributed by atoms with Crippen LogP contribution in [-0.4, -0.2) is 24.6 Å². The van der Waals surface area contributed by atoms with Crippen LogP contribution in [0.25, 0.3) is 84.4 Å². The molecule has 0 amide bonds. The van der Waals surface area contributed by atoms with Crippen LogP contribution in [-0.2, 0) is 0 Å². The zero-order chi connectivity index (χ0) is 37.6. The van der Waals surface area contributed by atoms with Crippen LogP contribution in [0.5, 0.6) is 0 Å². The van der Waals surface area contributed by atoms with Crippen LogP contribution >= 0.6 is 0 Å². The molecule has 2 aliphatic heterocycles. The van der Waals surface area contributed by atoms with Gasteiger partial charge in [-0.2, -0.15) is 0 Å². The van der Waals surface area contributed by atoms with Gasteiger partial charge in [0, 0.05) is 44.9 Å². The average molecular weight is 723 g/mol. The number of rotatable bonds is 5. The van der Waals surface area contributed by atoms with E-state index in [9.17, 15) is 5.11 Å². The van der Waals surface area contributed by atoms with E-state index in [-0.39, 0.29) is 5.92 Å². The summed E-state index contributed by atoms with van der Waals surface area (Å²) in [5, 5.41) is 12.5. The van der Waals surface area contributed by atoms with E-state index >= 15 is 0 Å². The zero-order valence-corrected chi connectivity index (χ0v) is 30.8. The molecule has 5 nitrogen and oxygen atoms in total. The molecule has 5 heteroatoms. The summed E-state index contributed by atoms with van der Waals surface area (Å²) < 4.78 is 2.31. The maximum atomic E-state index is 12.5. The van der Waals surface area contributed by atoms with Crippen molar-refractivity contribution < 1.29 is 5.11 Å². The van der Waals surface area contributed by atoms with E-state index in [2.05, 4.69) is 162 Å². The Morgan fingerprint density at radius 3 is 1.43 bits per heavy atom. The molecule has 8 bridgehead atoms. The fraction of sp³-hybridized carbons (Fsp3) is 0.0588. The molecule has 2 atom stereocenters. The lowest BCUT2D eigenvalue weighted by Crippen LogP contribution is -2.04. The molecule has 0 fully saturated rings. The third-order valence-corrected chi connectivity index (χ3v) is 11.0. The minimum absolute atomic E-state index is 0.302. The largest absolute Gasteiger partial charge is 0.386 e. The Kier molecular flexibility index (Phi) is 8.35. The first-order chi connectivity index (χ1) is 27.6. The van der Waals surface area contributed by atoms with Crippen molar-refractivity contribution >= 4 is 34.2 Å². The molecule has 268 valence electrons. The van der Waals surface area contributed by atoms with E-state index in [1.54, 1.807) is 0 Å². The average Bonchev–Trinajstić information content (AvgIpc) is 4.07. The zero-order valence-electron chi connectivity index (χ0n) is 30.8. The Bertz CT molecular complexity index is 2920. The second-order valence-corrected chi connectivity index (χ2v) is 14.4. The van der Waals surface area contributed by atoms with Gasteiger partial charge in [0.15, 0.2) is 0 Å². The van der Waals surface area contributed by atoms with Crippen LogP contribution in [0.3, 0.4) is 0 Å². The van der Waals surface area contributed by atoms with Crippen molar-refractivity contribution in [3.63, 3.8) is 0 Å². The highest BCUT2D eigenvalue weighted by atomic mass is 16.3. The van der Waals surface area contributed by atoms with Crippen LogP contribution in [0, 0.1) is 0 Å². The number of aliphatic hydroxyl groups is 1. The number of hydrogen-bond acceptors (Lipinski definition) is 3. The molecule has 0 radical (unpaired) electrons. The van der Waals surface area contributed by atoms with Gasteiger partial charge in [0.25, 0.3) is 0 Å². The molecule has 5 aromatic carbocycles. The Morgan fingerprint density at radius 2 is 0.875 bits per heavy atom. The van der Waals surface area contributed by atoms with Gasteiger partial charge in [-0.15, -0.1) is 0 Å². The lowest BCUT2D eigenvalue weighted by Gasteiger charge is -2.16. The Hall–Kier alpha value is -7.08. The quantitative estimate of drug-likeness (QED) is 0.186. The lowest BCUT2D eigenvalue weighted by atomic mass is 9.92. The summed E-state index contributed by atoms with van der Waals surface area (Å²) in [7, 11) is 0. The highest BCUT2D eigenvalue weighted by Crippen LogP contribution is 2.46. The van der Waals surface area contributed by atoms with Crippen LogP contribution in [0.2, 0.25) is 0 Å². The fourth-order valence-electron chi connectivity index (χ4n) is 8.34. The van der Waals surface area contributed by atoms with Crippen molar-refractivity contribution in [2.75, 3.05) is 0 Å². The van der Waals surface area contributed by atoms with Crippen LogP contribution in [0.4, 0.5) is 0 Å². The van der Waals surface area contributed by atoms with Crippen molar-refractivity contribution in [1.29, 1.82) is 0 Å². The van der Waals surface area contributed by atoms with Crippen molar-refractivity contribution in [3.8, 4) is 50.2 Å². The molecular weight excluding hydrogens is 685 g/mol. The van der Waals surface area contributed by atoms with Gasteiger partial charge in [-0.1, -0.05) is 146 Å². The second kappa shape index (κ2) is 14.0. The number of fused-ring (bicyclic) bond motifs is 8. The second-order valence-electron chi connectivity index (χ2n) is 14.4. The molecule has 0 saturated heterocycles. The number of nitrogens with one attached hydrogen (secondary N) is 1. The predicted molar refractivity (Wildman–Crippen MR) is 230 cm³/mol. The first kappa shape index (κ1) is 33.5. The molecule has 0 unspecified atom stereocenters. The van der Waals surface area contributed by atoms with Crippen molar-refractivity contribution in [2.24, 2.45) is 0 Å². The molecule has 0 aliphatic carbocycles. The number of benzene rings is 5. The molecule has 56 heavy (non-hydrogen) atoms. The fourth-order valence-corrected chi connectivity index (χ4v) is 8.34. The van der Waals surface area contributed by atoms with Gasteiger partial charge in [0.2, 0.25) is 0 Å². The highest BCUT2D eigenvalue weighted by molar-refractivity contribution is 5.98. The maximum Gasteiger partial charge on any atom is 0.105 e. The maximum absolute atomic E-state index is 12.5. The molecular formula is C51H38N4O. The van der Waals surface area contributed by atoms with Crippen molar-refractivity contribution in [2.45, 2.75) is 18.9 Å². The lowest BCUT2D eigenvalue weighted by molar-refractivity contribution is 0.159. The predicted octanol–water partition coefficient (Wildman–Crippen LogP) is 12.5. The number of H-pyrrole nitrogens is 1. The number of aliphatic hydroxyl groups excluding tert-OH is 1. The van der Waals surface area contributed by atoms with Gasteiger partial charge < -0.3 is 14.7 Å². The summed E-state index contributed by atoms with van der Waals surface area (Å²) in [6.07, 6.45) is 3.41. The van der Waals surface area contributed by atoms with Crippen LogP contribution in [0.15, 0.2) is 176 Å². The van der Waals surface area contributed by atoms with Gasteiger partial charge in [0.1, 0.15) is 6.10 Å². The number of nitrogens with zero attached hydrogens (tertiary/aromatic N) is 3. The van der Waals surface area contributed by atoms with Crippen molar-refractivity contribution in [3.05, 3.63) is 199 Å². The number of para-hydroxylation sites is 1. The monoisotopic (exact) mass is 722 g/mol. The van der Waals surface area contributed by atoms with E-state index in [1.165, 1.54) is 0 Å². The Morgan fingerprint density at radius 1 is 0.446 bits per heavy atom.